The van der Waals surface area contributed by atoms with Crippen LogP contribution in [0.1, 0.15) is 28.8 Å². The summed E-state index contributed by atoms with van der Waals surface area (Å²) in [6.07, 6.45) is 4.11. The lowest BCUT2D eigenvalue weighted by Crippen LogP contribution is -2.35. The van der Waals surface area contributed by atoms with Gasteiger partial charge in [0.1, 0.15) is 4.83 Å². The maximum Gasteiger partial charge on any atom is 0.329 e. The molecule has 0 fully saturated rings. The second-order valence-corrected chi connectivity index (χ2v) is 7.92. The molecule has 1 aromatic carbocycles. The Kier molecular flexibility index (Phi) is 4.03. The van der Waals surface area contributed by atoms with E-state index in [4.69, 9.17) is 23.2 Å². The fourth-order valence-corrected chi connectivity index (χ4v) is 4.98. The van der Waals surface area contributed by atoms with E-state index in [1.54, 1.807) is 18.2 Å². The number of nitrogens with zero attached hydrogens (tertiary/aromatic N) is 1. The number of nitrogens with one attached hydrogen (secondary N) is 1. The zero-order chi connectivity index (χ0) is 16.8. The van der Waals surface area contributed by atoms with Crippen LogP contribution in [0.4, 0.5) is 0 Å². The van der Waals surface area contributed by atoms with Crippen LogP contribution < -0.4 is 11.2 Å². The lowest BCUT2D eigenvalue weighted by atomic mass is 9.97. The summed E-state index contributed by atoms with van der Waals surface area (Å²) in [5.41, 5.74) is 1.16. The summed E-state index contributed by atoms with van der Waals surface area (Å²) in [6.45, 7) is 0.130. The number of rotatable bonds is 2. The van der Waals surface area contributed by atoms with Crippen molar-refractivity contribution in [2.45, 2.75) is 32.2 Å². The number of thiophene rings is 1. The summed E-state index contributed by atoms with van der Waals surface area (Å²) in [6, 6.07) is 5.06. The van der Waals surface area contributed by atoms with Crippen molar-refractivity contribution < 1.29 is 0 Å². The van der Waals surface area contributed by atoms with Gasteiger partial charge in [0, 0.05) is 14.9 Å². The van der Waals surface area contributed by atoms with Gasteiger partial charge in [0.2, 0.25) is 0 Å². The molecule has 0 spiro atoms. The molecule has 3 aromatic rings. The van der Waals surface area contributed by atoms with E-state index in [0.717, 1.165) is 31.2 Å². The standard InChI is InChI=1S/C17H14Cl2N2O2S/c18-10-6-5-9(12(19)7-10)8-21-16(22)14-11-3-1-2-4-13(11)24-15(14)20-17(21)23/h5-7H,1-4,8H2,(H,20,23). The van der Waals surface area contributed by atoms with Crippen LogP contribution >= 0.6 is 34.5 Å². The zero-order valence-electron chi connectivity index (χ0n) is 12.7. The molecule has 1 N–H and O–H groups in total. The molecular formula is C17H14Cl2N2O2S. The fraction of sp³-hybridized carbons (Fsp3) is 0.294. The highest BCUT2D eigenvalue weighted by Crippen LogP contribution is 2.33. The van der Waals surface area contributed by atoms with E-state index in [1.165, 1.54) is 20.8 Å². The highest BCUT2D eigenvalue weighted by molar-refractivity contribution is 7.18. The summed E-state index contributed by atoms with van der Waals surface area (Å²) in [5.74, 6) is 0. The van der Waals surface area contributed by atoms with Crippen LogP contribution in [-0.4, -0.2) is 9.55 Å². The third-order valence-corrected chi connectivity index (χ3v) is 6.23. The first-order valence-electron chi connectivity index (χ1n) is 7.76. The highest BCUT2D eigenvalue weighted by Gasteiger charge is 2.21. The van der Waals surface area contributed by atoms with Crippen molar-refractivity contribution in [3.8, 4) is 0 Å². The van der Waals surface area contributed by atoms with E-state index in [-0.39, 0.29) is 12.1 Å². The van der Waals surface area contributed by atoms with Crippen molar-refractivity contribution >= 4 is 44.8 Å². The fourth-order valence-electron chi connectivity index (χ4n) is 3.24. The molecule has 0 aliphatic heterocycles. The van der Waals surface area contributed by atoms with Crippen LogP contribution in [0.25, 0.3) is 10.2 Å². The molecule has 4 rings (SSSR count). The van der Waals surface area contributed by atoms with Gasteiger partial charge in [0.25, 0.3) is 5.56 Å². The number of fused-ring (bicyclic) bond motifs is 3. The maximum atomic E-state index is 12.9. The van der Waals surface area contributed by atoms with Gasteiger partial charge in [-0.1, -0.05) is 29.3 Å². The van der Waals surface area contributed by atoms with Crippen LogP contribution in [0.5, 0.6) is 0 Å². The molecule has 0 atom stereocenters. The summed E-state index contributed by atoms with van der Waals surface area (Å²) in [4.78, 5) is 30.1. The summed E-state index contributed by atoms with van der Waals surface area (Å²) in [5, 5.41) is 1.63. The number of H-pyrrole nitrogens is 1. The van der Waals surface area contributed by atoms with Crippen molar-refractivity contribution in [2.24, 2.45) is 0 Å². The number of halogens is 2. The number of aryl methyl sites for hydroxylation is 2. The van der Waals surface area contributed by atoms with Crippen LogP contribution in [0, 0.1) is 0 Å². The Labute approximate surface area is 151 Å². The summed E-state index contributed by atoms with van der Waals surface area (Å²) >= 11 is 13.6. The summed E-state index contributed by atoms with van der Waals surface area (Å²) in [7, 11) is 0. The van der Waals surface area contributed by atoms with Crippen molar-refractivity contribution in [1.29, 1.82) is 0 Å². The minimum absolute atomic E-state index is 0.130. The number of aromatic nitrogens is 2. The molecule has 0 saturated carbocycles. The monoisotopic (exact) mass is 380 g/mol. The number of benzene rings is 1. The Morgan fingerprint density at radius 2 is 1.96 bits per heavy atom. The molecule has 1 aliphatic rings. The van der Waals surface area contributed by atoms with Crippen molar-refractivity contribution in [3.63, 3.8) is 0 Å². The van der Waals surface area contributed by atoms with Gasteiger partial charge in [0.05, 0.1) is 11.9 Å². The summed E-state index contributed by atoms with van der Waals surface area (Å²) < 4.78 is 1.22. The molecule has 7 heteroatoms. The molecule has 2 aromatic heterocycles. The average Bonchev–Trinajstić information content (AvgIpc) is 2.91. The van der Waals surface area contributed by atoms with Crippen molar-refractivity contribution in [2.75, 3.05) is 0 Å². The van der Waals surface area contributed by atoms with Gasteiger partial charge in [-0.3, -0.25) is 14.3 Å². The van der Waals surface area contributed by atoms with Gasteiger partial charge in [-0.25, -0.2) is 4.79 Å². The van der Waals surface area contributed by atoms with Gasteiger partial charge in [-0.2, -0.15) is 0 Å². The van der Waals surface area contributed by atoms with E-state index < -0.39 is 5.69 Å². The lowest BCUT2D eigenvalue weighted by Gasteiger charge is -2.11. The van der Waals surface area contributed by atoms with Crippen LogP contribution in [0.15, 0.2) is 27.8 Å². The van der Waals surface area contributed by atoms with Gasteiger partial charge < -0.3 is 0 Å². The molecule has 0 amide bonds. The Morgan fingerprint density at radius 3 is 2.75 bits per heavy atom. The first kappa shape index (κ1) is 15.9. The maximum absolute atomic E-state index is 12.9. The largest absolute Gasteiger partial charge is 0.329 e. The molecule has 4 nitrogen and oxygen atoms in total. The van der Waals surface area contributed by atoms with E-state index in [9.17, 15) is 9.59 Å². The topological polar surface area (TPSA) is 54.9 Å². The van der Waals surface area contributed by atoms with Crippen molar-refractivity contribution in [1.82, 2.24) is 9.55 Å². The smallest absolute Gasteiger partial charge is 0.298 e. The molecule has 24 heavy (non-hydrogen) atoms. The van der Waals surface area contributed by atoms with Gasteiger partial charge in [0.15, 0.2) is 0 Å². The lowest BCUT2D eigenvalue weighted by molar-refractivity contribution is 0.692. The van der Waals surface area contributed by atoms with E-state index in [2.05, 4.69) is 4.98 Å². The highest BCUT2D eigenvalue weighted by atomic mass is 35.5. The Hall–Kier alpha value is -1.56. The third-order valence-electron chi connectivity index (χ3n) is 4.44. The molecule has 1 aliphatic carbocycles. The SMILES string of the molecule is O=c1[nH]c2sc3c(c2c(=O)n1Cc1ccc(Cl)cc1Cl)CCCC3. The Balaban J connectivity index is 1.89. The third kappa shape index (κ3) is 2.61. The van der Waals surface area contributed by atoms with Gasteiger partial charge >= 0.3 is 5.69 Å². The van der Waals surface area contributed by atoms with Gasteiger partial charge in [-0.15, -0.1) is 11.3 Å². The molecular weight excluding hydrogens is 367 g/mol. The minimum Gasteiger partial charge on any atom is -0.298 e. The zero-order valence-corrected chi connectivity index (χ0v) is 15.0. The molecule has 0 radical (unpaired) electrons. The Bertz CT molecular complexity index is 1060. The van der Waals surface area contributed by atoms with Crippen LogP contribution in [-0.2, 0) is 19.4 Å². The minimum atomic E-state index is -0.405. The van der Waals surface area contributed by atoms with E-state index in [1.807, 2.05) is 0 Å². The first-order valence-corrected chi connectivity index (χ1v) is 9.33. The predicted octanol–water partition coefficient (Wildman–Crippen LogP) is 3.99. The van der Waals surface area contributed by atoms with E-state index >= 15 is 0 Å². The van der Waals surface area contributed by atoms with Crippen LogP contribution in [0.3, 0.4) is 0 Å². The van der Waals surface area contributed by atoms with Crippen LogP contribution in [0.2, 0.25) is 10.0 Å². The first-order chi connectivity index (χ1) is 11.5. The average molecular weight is 381 g/mol. The number of hydrogen-bond donors (Lipinski definition) is 1. The van der Waals surface area contributed by atoms with Crippen molar-refractivity contribution in [3.05, 3.63) is 65.1 Å². The second kappa shape index (κ2) is 6.06. The molecule has 124 valence electrons. The Morgan fingerprint density at radius 1 is 1.17 bits per heavy atom. The molecule has 2 heterocycles. The number of aromatic amines is 1. The number of hydrogen-bond acceptors (Lipinski definition) is 3. The molecule has 0 unspecified atom stereocenters. The predicted molar refractivity (Wildman–Crippen MR) is 98.9 cm³/mol. The second-order valence-electron chi connectivity index (χ2n) is 5.97. The quantitative estimate of drug-likeness (QED) is 0.730. The molecule has 0 saturated heterocycles. The van der Waals surface area contributed by atoms with Gasteiger partial charge in [-0.05, 0) is 48.9 Å². The normalized spacial score (nSPS) is 14.1. The molecule has 0 bridgehead atoms. The van der Waals surface area contributed by atoms with E-state index in [0.29, 0.717) is 25.8 Å².